The fourth-order valence-corrected chi connectivity index (χ4v) is 3.06. The molecule has 0 bridgehead atoms. The number of ether oxygens (including phenoxy) is 1. The van der Waals surface area contributed by atoms with Crippen molar-refractivity contribution in [3.8, 4) is 11.1 Å². The maximum Gasteiger partial charge on any atom is 0.338 e. The van der Waals surface area contributed by atoms with Crippen LogP contribution in [0.4, 0.5) is 5.69 Å². The van der Waals surface area contributed by atoms with Crippen molar-refractivity contribution in [1.82, 2.24) is 0 Å². The SMILES string of the molecule is CCOC(=O)c1ccc(N2CCCC2)cc1-c1ccc(C)cc1. The van der Waals surface area contributed by atoms with Gasteiger partial charge in [0.2, 0.25) is 0 Å². The van der Waals surface area contributed by atoms with Crippen LogP contribution >= 0.6 is 0 Å². The minimum Gasteiger partial charge on any atom is -0.462 e. The van der Waals surface area contributed by atoms with Gasteiger partial charge in [0.15, 0.2) is 0 Å². The Balaban J connectivity index is 2.05. The fourth-order valence-electron chi connectivity index (χ4n) is 3.06. The molecule has 0 aromatic heterocycles. The van der Waals surface area contributed by atoms with Crippen LogP contribution in [0.15, 0.2) is 42.5 Å². The number of anilines is 1. The van der Waals surface area contributed by atoms with Gasteiger partial charge in [-0.3, -0.25) is 0 Å². The van der Waals surface area contributed by atoms with E-state index >= 15 is 0 Å². The normalized spacial score (nSPS) is 14.1. The third-order valence-corrected chi connectivity index (χ3v) is 4.33. The van der Waals surface area contributed by atoms with Crippen molar-refractivity contribution in [3.63, 3.8) is 0 Å². The Hall–Kier alpha value is -2.29. The second-order valence-corrected chi connectivity index (χ2v) is 6.01. The van der Waals surface area contributed by atoms with E-state index in [2.05, 4.69) is 42.2 Å². The minimum atomic E-state index is -0.254. The summed E-state index contributed by atoms with van der Waals surface area (Å²) < 4.78 is 5.23. The third kappa shape index (κ3) is 3.39. The molecule has 120 valence electrons. The number of benzene rings is 2. The predicted octanol–water partition coefficient (Wildman–Crippen LogP) is 4.44. The average molecular weight is 309 g/mol. The van der Waals surface area contributed by atoms with Crippen molar-refractivity contribution in [2.45, 2.75) is 26.7 Å². The van der Waals surface area contributed by atoms with Crippen LogP contribution < -0.4 is 4.90 Å². The van der Waals surface area contributed by atoms with E-state index in [9.17, 15) is 4.79 Å². The van der Waals surface area contributed by atoms with Gasteiger partial charge in [-0.25, -0.2) is 4.79 Å². The smallest absolute Gasteiger partial charge is 0.338 e. The first kappa shape index (κ1) is 15.6. The molecule has 3 heteroatoms. The summed E-state index contributed by atoms with van der Waals surface area (Å²) >= 11 is 0. The molecular formula is C20H23NO2. The zero-order valence-corrected chi connectivity index (χ0v) is 13.8. The zero-order chi connectivity index (χ0) is 16.2. The summed E-state index contributed by atoms with van der Waals surface area (Å²) in [6.07, 6.45) is 2.47. The number of carbonyl (C=O) groups excluding carboxylic acids is 1. The largest absolute Gasteiger partial charge is 0.462 e. The number of nitrogens with zero attached hydrogens (tertiary/aromatic N) is 1. The van der Waals surface area contributed by atoms with Gasteiger partial charge in [-0.2, -0.15) is 0 Å². The molecule has 0 amide bonds. The first-order valence-electron chi connectivity index (χ1n) is 8.32. The van der Waals surface area contributed by atoms with Gasteiger partial charge in [0, 0.05) is 18.8 Å². The number of hydrogen-bond donors (Lipinski definition) is 0. The Morgan fingerprint density at radius 3 is 2.43 bits per heavy atom. The van der Waals surface area contributed by atoms with Gasteiger partial charge in [0.05, 0.1) is 12.2 Å². The lowest BCUT2D eigenvalue weighted by molar-refractivity contribution is 0.0527. The lowest BCUT2D eigenvalue weighted by Gasteiger charge is -2.20. The maximum absolute atomic E-state index is 12.3. The molecule has 0 saturated carbocycles. The highest BCUT2D eigenvalue weighted by atomic mass is 16.5. The summed E-state index contributed by atoms with van der Waals surface area (Å²) in [7, 11) is 0. The minimum absolute atomic E-state index is 0.254. The topological polar surface area (TPSA) is 29.5 Å². The summed E-state index contributed by atoms with van der Waals surface area (Å²) in [5, 5.41) is 0. The summed E-state index contributed by atoms with van der Waals surface area (Å²) in [5.74, 6) is -0.254. The van der Waals surface area contributed by atoms with Crippen LogP contribution in [0.5, 0.6) is 0 Å². The van der Waals surface area contributed by atoms with E-state index in [4.69, 9.17) is 4.74 Å². The van der Waals surface area contributed by atoms with Crippen molar-refractivity contribution >= 4 is 11.7 Å². The van der Waals surface area contributed by atoms with Gasteiger partial charge < -0.3 is 9.64 Å². The second kappa shape index (κ2) is 6.86. The highest BCUT2D eigenvalue weighted by Gasteiger charge is 2.18. The molecule has 23 heavy (non-hydrogen) atoms. The first-order valence-corrected chi connectivity index (χ1v) is 8.32. The second-order valence-electron chi connectivity index (χ2n) is 6.01. The Morgan fingerprint density at radius 2 is 1.78 bits per heavy atom. The van der Waals surface area contributed by atoms with Gasteiger partial charge in [0.25, 0.3) is 0 Å². The lowest BCUT2D eigenvalue weighted by atomic mass is 9.98. The number of hydrogen-bond acceptors (Lipinski definition) is 3. The molecule has 3 nitrogen and oxygen atoms in total. The highest BCUT2D eigenvalue weighted by Crippen LogP contribution is 2.31. The van der Waals surface area contributed by atoms with E-state index in [0.717, 1.165) is 24.2 Å². The van der Waals surface area contributed by atoms with Crippen molar-refractivity contribution in [3.05, 3.63) is 53.6 Å². The Bertz CT molecular complexity index is 685. The molecule has 0 aliphatic carbocycles. The molecule has 1 saturated heterocycles. The molecule has 0 radical (unpaired) electrons. The Kier molecular flexibility index (Phi) is 4.65. The van der Waals surface area contributed by atoms with Crippen LogP contribution in [0, 0.1) is 6.92 Å². The molecule has 0 unspecified atom stereocenters. The van der Waals surface area contributed by atoms with Crippen molar-refractivity contribution < 1.29 is 9.53 Å². The van der Waals surface area contributed by atoms with Crippen molar-refractivity contribution in [2.75, 3.05) is 24.6 Å². The molecule has 1 aliphatic heterocycles. The average Bonchev–Trinajstić information content (AvgIpc) is 3.10. The van der Waals surface area contributed by atoms with Gasteiger partial charge in [-0.1, -0.05) is 29.8 Å². The Labute approximate surface area is 137 Å². The van der Waals surface area contributed by atoms with Gasteiger partial charge in [-0.15, -0.1) is 0 Å². The van der Waals surface area contributed by atoms with Gasteiger partial charge >= 0.3 is 5.97 Å². The summed E-state index contributed by atoms with van der Waals surface area (Å²) in [4.78, 5) is 14.7. The van der Waals surface area contributed by atoms with E-state index < -0.39 is 0 Å². The van der Waals surface area contributed by atoms with Crippen LogP contribution in [0.1, 0.15) is 35.7 Å². The quantitative estimate of drug-likeness (QED) is 0.782. The van der Waals surface area contributed by atoms with Crippen LogP contribution in [-0.2, 0) is 4.74 Å². The molecule has 0 spiro atoms. The Morgan fingerprint density at radius 1 is 1.09 bits per heavy atom. The molecule has 1 fully saturated rings. The lowest BCUT2D eigenvalue weighted by Crippen LogP contribution is -2.18. The molecular weight excluding hydrogens is 286 g/mol. The molecule has 1 heterocycles. The summed E-state index contributed by atoms with van der Waals surface area (Å²) in [6.45, 7) is 6.47. The van der Waals surface area contributed by atoms with Crippen molar-refractivity contribution in [1.29, 1.82) is 0 Å². The summed E-state index contributed by atoms with van der Waals surface area (Å²) in [5.41, 5.74) is 5.04. The maximum atomic E-state index is 12.3. The van der Waals surface area contributed by atoms with E-state index in [0.29, 0.717) is 12.2 Å². The van der Waals surface area contributed by atoms with E-state index in [1.165, 1.54) is 24.1 Å². The summed E-state index contributed by atoms with van der Waals surface area (Å²) in [6, 6.07) is 14.4. The predicted molar refractivity (Wildman–Crippen MR) is 94.0 cm³/mol. The van der Waals surface area contributed by atoms with E-state index in [1.54, 1.807) is 0 Å². The number of carbonyl (C=O) groups is 1. The van der Waals surface area contributed by atoms with Crippen LogP contribution in [0.2, 0.25) is 0 Å². The molecule has 1 aliphatic rings. The van der Waals surface area contributed by atoms with Crippen molar-refractivity contribution in [2.24, 2.45) is 0 Å². The first-order chi connectivity index (χ1) is 11.2. The van der Waals surface area contributed by atoms with E-state index in [1.807, 2.05) is 19.1 Å². The monoisotopic (exact) mass is 309 g/mol. The molecule has 2 aromatic rings. The highest BCUT2D eigenvalue weighted by molar-refractivity contribution is 5.98. The molecule has 3 rings (SSSR count). The standard InChI is InChI=1S/C20H23NO2/c1-3-23-20(22)18-11-10-17(21-12-4-5-13-21)14-19(18)16-8-6-15(2)7-9-16/h6-11,14H,3-5,12-13H2,1-2H3. The van der Waals surface area contributed by atoms with Gasteiger partial charge in [0.1, 0.15) is 0 Å². The van der Waals surface area contributed by atoms with Gasteiger partial charge in [-0.05, 0) is 56.0 Å². The third-order valence-electron chi connectivity index (χ3n) is 4.33. The molecule has 2 aromatic carbocycles. The number of aryl methyl sites for hydroxylation is 1. The number of esters is 1. The number of rotatable bonds is 4. The zero-order valence-electron chi connectivity index (χ0n) is 13.8. The molecule has 0 N–H and O–H groups in total. The fraction of sp³-hybridized carbons (Fsp3) is 0.350. The van der Waals surface area contributed by atoms with Crippen LogP contribution in [-0.4, -0.2) is 25.7 Å². The van der Waals surface area contributed by atoms with Crippen LogP contribution in [0.25, 0.3) is 11.1 Å². The van der Waals surface area contributed by atoms with E-state index in [-0.39, 0.29) is 5.97 Å². The van der Waals surface area contributed by atoms with Crippen LogP contribution in [0.3, 0.4) is 0 Å². The molecule has 0 atom stereocenters.